The Balaban J connectivity index is 1.83. The van der Waals surface area contributed by atoms with Gasteiger partial charge in [0.2, 0.25) is 11.7 Å². The molecule has 1 aliphatic heterocycles. The fourth-order valence-electron chi connectivity index (χ4n) is 2.37. The predicted molar refractivity (Wildman–Crippen MR) is 74.3 cm³/mol. The molecule has 2 aromatic heterocycles. The number of aromatic nitrogens is 2. The summed E-state index contributed by atoms with van der Waals surface area (Å²) in [5, 5.41) is 7.56. The molecular formula is C13H17N3O2S. The summed E-state index contributed by atoms with van der Waals surface area (Å²) in [6, 6.07) is 2.29. The maximum absolute atomic E-state index is 5.45. The van der Waals surface area contributed by atoms with E-state index in [1.165, 1.54) is 0 Å². The Bertz CT molecular complexity index is 552. The second-order valence-electron chi connectivity index (χ2n) is 4.65. The summed E-state index contributed by atoms with van der Waals surface area (Å²) in [6.45, 7) is 4.98. The third-order valence-electron chi connectivity index (χ3n) is 3.41. The predicted octanol–water partition coefficient (Wildman–Crippen LogP) is 2.45. The van der Waals surface area contributed by atoms with E-state index in [-0.39, 0.29) is 0 Å². The first-order valence-electron chi connectivity index (χ1n) is 6.48. The van der Waals surface area contributed by atoms with Crippen LogP contribution in [0.1, 0.15) is 24.5 Å². The van der Waals surface area contributed by atoms with Gasteiger partial charge in [0, 0.05) is 17.5 Å². The topological polar surface area (TPSA) is 64.1 Å². The van der Waals surface area contributed by atoms with Crippen LogP contribution in [0.2, 0.25) is 0 Å². The molecule has 2 unspecified atom stereocenters. The van der Waals surface area contributed by atoms with Gasteiger partial charge in [-0.25, -0.2) is 0 Å². The van der Waals surface area contributed by atoms with E-state index in [1.807, 2.05) is 24.8 Å². The van der Waals surface area contributed by atoms with Gasteiger partial charge in [-0.15, -0.1) is 0 Å². The van der Waals surface area contributed by atoms with Crippen molar-refractivity contribution in [2.24, 2.45) is 0 Å². The number of hydrogen-bond donors (Lipinski definition) is 1. The van der Waals surface area contributed by atoms with Crippen LogP contribution < -0.4 is 5.32 Å². The van der Waals surface area contributed by atoms with Crippen molar-refractivity contribution in [3.05, 3.63) is 24.0 Å². The summed E-state index contributed by atoms with van der Waals surface area (Å²) in [5.41, 5.74) is 0.903. The van der Waals surface area contributed by atoms with E-state index in [4.69, 9.17) is 8.94 Å². The zero-order valence-corrected chi connectivity index (χ0v) is 11.9. The normalized spacial score (nSPS) is 23.1. The zero-order chi connectivity index (χ0) is 13.2. The molecule has 19 heavy (non-hydrogen) atoms. The molecule has 2 aromatic rings. The van der Waals surface area contributed by atoms with Crippen molar-refractivity contribution in [2.45, 2.75) is 25.8 Å². The van der Waals surface area contributed by atoms with Crippen molar-refractivity contribution >= 4 is 11.8 Å². The lowest BCUT2D eigenvalue weighted by atomic mass is 10.0. The largest absolute Gasteiger partial charge is 0.469 e. The molecule has 102 valence electrons. The first-order chi connectivity index (χ1) is 9.29. The highest BCUT2D eigenvalue weighted by molar-refractivity contribution is 7.99. The van der Waals surface area contributed by atoms with Gasteiger partial charge in [0.15, 0.2) is 0 Å². The van der Waals surface area contributed by atoms with Gasteiger partial charge in [0.25, 0.3) is 0 Å². The van der Waals surface area contributed by atoms with Gasteiger partial charge in [0.05, 0.1) is 17.7 Å². The third-order valence-corrected chi connectivity index (χ3v) is 4.60. The summed E-state index contributed by atoms with van der Waals surface area (Å²) in [5.74, 6) is 4.60. The van der Waals surface area contributed by atoms with Crippen LogP contribution in [-0.2, 0) is 0 Å². The van der Waals surface area contributed by atoms with Crippen LogP contribution in [0.5, 0.6) is 0 Å². The molecule has 0 aliphatic carbocycles. The first-order valence-corrected chi connectivity index (χ1v) is 7.64. The Labute approximate surface area is 116 Å². The molecule has 6 heteroatoms. The monoisotopic (exact) mass is 279 g/mol. The number of likely N-dealkylation sites (N-methyl/N-ethyl adjacent to an activating group) is 1. The fourth-order valence-corrected chi connectivity index (χ4v) is 3.74. The van der Waals surface area contributed by atoms with E-state index < -0.39 is 0 Å². The quantitative estimate of drug-likeness (QED) is 0.927. The molecule has 0 radical (unpaired) electrons. The highest BCUT2D eigenvalue weighted by Gasteiger charge is 2.33. The lowest BCUT2D eigenvalue weighted by Crippen LogP contribution is -2.34. The van der Waals surface area contributed by atoms with Gasteiger partial charge in [-0.05, 0) is 19.5 Å². The van der Waals surface area contributed by atoms with Crippen LogP contribution >= 0.6 is 11.8 Å². The molecule has 5 nitrogen and oxygen atoms in total. The Kier molecular flexibility index (Phi) is 3.61. The summed E-state index contributed by atoms with van der Waals surface area (Å²) in [4.78, 5) is 4.54. The van der Waals surface area contributed by atoms with Crippen LogP contribution in [0.25, 0.3) is 11.4 Å². The van der Waals surface area contributed by atoms with E-state index in [9.17, 15) is 0 Å². The van der Waals surface area contributed by atoms with Crippen molar-refractivity contribution in [2.75, 3.05) is 18.1 Å². The van der Waals surface area contributed by atoms with Crippen LogP contribution in [0, 0.1) is 6.92 Å². The number of thioether (sulfide) groups is 1. The minimum absolute atomic E-state index is 0.304. The van der Waals surface area contributed by atoms with Crippen LogP contribution in [-0.4, -0.2) is 34.2 Å². The van der Waals surface area contributed by atoms with Gasteiger partial charge >= 0.3 is 0 Å². The van der Waals surface area contributed by atoms with Gasteiger partial charge in [-0.3, -0.25) is 0 Å². The van der Waals surface area contributed by atoms with Crippen molar-refractivity contribution < 1.29 is 8.94 Å². The number of hydrogen-bond acceptors (Lipinski definition) is 6. The second kappa shape index (κ2) is 5.38. The molecule has 0 bridgehead atoms. The average Bonchev–Trinajstić information content (AvgIpc) is 3.08. The van der Waals surface area contributed by atoms with Crippen molar-refractivity contribution in [3.63, 3.8) is 0 Å². The van der Waals surface area contributed by atoms with Gasteiger partial charge < -0.3 is 14.3 Å². The third kappa shape index (κ3) is 2.42. The van der Waals surface area contributed by atoms with Crippen molar-refractivity contribution in [1.29, 1.82) is 0 Å². The Hall–Kier alpha value is -1.27. The number of furan rings is 1. The first kappa shape index (κ1) is 12.7. The molecule has 3 heterocycles. The van der Waals surface area contributed by atoms with Crippen LogP contribution in [0.15, 0.2) is 21.3 Å². The molecular weight excluding hydrogens is 262 g/mol. The molecule has 1 aliphatic rings. The summed E-state index contributed by atoms with van der Waals surface area (Å²) >= 11 is 1.93. The molecule has 0 saturated carbocycles. The van der Waals surface area contributed by atoms with Gasteiger partial charge in [-0.2, -0.15) is 16.7 Å². The Morgan fingerprint density at radius 3 is 3.11 bits per heavy atom. The number of rotatable bonds is 4. The minimum atomic E-state index is 0.304. The minimum Gasteiger partial charge on any atom is -0.469 e. The maximum Gasteiger partial charge on any atom is 0.232 e. The highest BCUT2D eigenvalue weighted by Crippen LogP contribution is 2.33. The SMILES string of the molecule is CCNC1CSCC1c1nc(-c2ccoc2C)no1. The van der Waals surface area contributed by atoms with E-state index in [0.717, 1.165) is 35.3 Å². The van der Waals surface area contributed by atoms with Crippen LogP contribution in [0.4, 0.5) is 0 Å². The van der Waals surface area contributed by atoms with E-state index >= 15 is 0 Å². The molecule has 0 aromatic carbocycles. The van der Waals surface area contributed by atoms with E-state index in [2.05, 4.69) is 22.4 Å². The molecule has 0 spiro atoms. The number of nitrogens with zero attached hydrogens (tertiary/aromatic N) is 2. The van der Waals surface area contributed by atoms with E-state index in [1.54, 1.807) is 6.26 Å². The molecule has 3 rings (SSSR count). The van der Waals surface area contributed by atoms with Gasteiger partial charge in [-0.1, -0.05) is 12.1 Å². The summed E-state index contributed by atoms with van der Waals surface area (Å²) < 4.78 is 10.7. The highest BCUT2D eigenvalue weighted by atomic mass is 32.2. The zero-order valence-electron chi connectivity index (χ0n) is 11.0. The molecule has 0 amide bonds. The van der Waals surface area contributed by atoms with Crippen molar-refractivity contribution in [3.8, 4) is 11.4 Å². The lowest BCUT2D eigenvalue weighted by Gasteiger charge is -2.15. The average molecular weight is 279 g/mol. The number of nitrogens with one attached hydrogen (secondary N) is 1. The molecule has 1 saturated heterocycles. The van der Waals surface area contributed by atoms with Crippen molar-refractivity contribution in [1.82, 2.24) is 15.5 Å². The number of aryl methyl sites for hydroxylation is 1. The summed E-state index contributed by atoms with van der Waals surface area (Å²) in [6.07, 6.45) is 1.65. The molecule has 2 atom stereocenters. The second-order valence-corrected chi connectivity index (χ2v) is 5.73. The lowest BCUT2D eigenvalue weighted by molar-refractivity contribution is 0.340. The van der Waals surface area contributed by atoms with Gasteiger partial charge in [0.1, 0.15) is 5.76 Å². The van der Waals surface area contributed by atoms with E-state index in [0.29, 0.717) is 17.8 Å². The summed E-state index contributed by atoms with van der Waals surface area (Å²) in [7, 11) is 0. The maximum atomic E-state index is 5.45. The smallest absolute Gasteiger partial charge is 0.232 e. The standard InChI is InChI=1S/C13H17N3O2S/c1-3-14-11-7-19-6-10(11)13-15-12(16-18-13)9-4-5-17-8(9)2/h4-5,10-11,14H,3,6-7H2,1-2H3. The fraction of sp³-hybridized carbons (Fsp3) is 0.538. The Morgan fingerprint density at radius 1 is 1.47 bits per heavy atom. The molecule has 1 fully saturated rings. The molecule has 1 N–H and O–H groups in total. The Morgan fingerprint density at radius 2 is 2.37 bits per heavy atom. The van der Waals surface area contributed by atoms with Crippen LogP contribution in [0.3, 0.4) is 0 Å².